The van der Waals surface area contributed by atoms with Gasteiger partial charge >= 0.3 is 0 Å². The molecule has 0 unspecified atom stereocenters. The van der Waals surface area contributed by atoms with E-state index in [1.807, 2.05) is 19.1 Å². The molecule has 0 atom stereocenters. The summed E-state index contributed by atoms with van der Waals surface area (Å²) in [6, 6.07) is 14.9. The molecule has 0 spiro atoms. The van der Waals surface area contributed by atoms with E-state index < -0.39 is 10.0 Å². The van der Waals surface area contributed by atoms with Gasteiger partial charge in [-0.1, -0.05) is 17.7 Å². The Hall–Kier alpha value is -3.46. The van der Waals surface area contributed by atoms with Gasteiger partial charge in [0.15, 0.2) is 6.61 Å². The van der Waals surface area contributed by atoms with Crippen molar-refractivity contribution >= 4 is 27.6 Å². The van der Waals surface area contributed by atoms with Crippen LogP contribution in [0.25, 0.3) is 0 Å². The third-order valence-corrected chi connectivity index (χ3v) is 5.39. The fourth-order valence-electron chi connectivity index (χ4n) is 2.65. The number of aromatic nitrogens is 2. The monoisotopic (exact) mass is 426 g/mol. The number of carbonyl (C=O) groups is 1. The van der Waals surface area contributed by atoms with Gasteiger partial charge in [0.25, 0.3) is 15.9 Å². The SMILES string of the molecule is Cc1ccc(OCC(=O)Nc2ccc(S(=O)(=O)Nc3nc(C)cc(C)n3)cc2)cc1. The van der Waals surface area contributed by atoms with Gasteiger partial charge in [-0.2, -0.15) is 0 Å². The molecule has 0 saturated heterocycles. The predicted molar refractivity (Wildman–Crippen MR) is 114 cm³/mol. The minimum atomic E-state index is -3.85. The number of carbonyl (C=O) groups excluding carboxylic acids is 1. The van der Waals surface area contributed by atoms with Crippen molar-refractivity contribution in [3.8, 4) is 5.75 Å². The van der Waals surface area contributed by atoms with Crippen molar-refractivity contribution in [2.24, 2.45) is 0 Å². The van der Waals surface area contributed by atoms with Crippen LogP contribution in [0.15, 0.2) is 59.5 Å². The molecule has 2 N–H and O–H groups in total. The second-order valence-corrected chi connectivity index (χ2v) is 8.44. The number of nitrogens with one attached hydrogen (secondary N) is 2. The molecule has 2 aromatic carbocycles. The number of aryl methyl sites for hydroxylation is 3. The van der Waals surface area contributed by atoms with Crippen LogP contribution in [0.3, 0.4) is 0 Å². The Kier molecular flexibility index (Phi) is 6.31. The van der Waals surface area contributed by atoms with Gasteiger partial charge in [0, 0.05) is 17.1 Å². The van der Waals surface area contributed by atoms with E-state index >= 15 is 0 Å². The largest absolute Gasteiger partial charge is 0.484 e. The normalized spacial score (nSPS) is 11.0. The molecule has 1 heterocycles. The Bertz CT molecular complexity index is 1120. The fourth-order valence-corrected chi connectivity index (χ4v) is 3.59. The van der Waals surface area contributed by atoms with Crippen molar-refractivity contribution in [1.29, 1.82) is 0 Å². The quantitative estimate of drug-likeness (QED) is 0.600. The molecule has 0 saturated carbocycles. The molecule has 9 heteroatoms. The maximum Gasteiger partial charge on any atom is 0.264 e. The molecule has 0 aliphatic carbocycles. The molecule has 8 nitrogen and oxygen atoms in total. The van der Waals surface area contributed by atoms with Crippen molar-refractivity contribution in [3.05, 3.63) is 71.5 Å². The van der Waals surface area contributed by atoms with Gasteiger partial charge in [0.1, 0.15) is 5.75 Å². The minimum Gasteiger partial charge on any atom is -0.484 e. The first-order chi connectivity index (χ1) is 14.2. The number of hydrogen-bond acceptors (Lipinski definition) is 6. The number of anilines is 2. The van der Waals surface area contributed by atoms with Crippen molar-refractivity contribution in [3.63, 3.8) is 0 Å². The molecule has 0 aliphatic heterocycles. The Labute approximate surface area is 175 Å². The number of ether oxygens (including phenoxy) is 1. The highest BCUT2D eigenvalue weighted by Gasteiger charge is 2.16. The summed E-state index contributed by atoms with van der Waals surface area (Å²) >= 11 is 0. The zero-order chi connectivity index (χ0) is 21.7. The summed E-state index contributed by atoms with van der Waals surface area (Å²) in [6.45, 7) is 5.32. The third kappa shape index (κ3) is 5.77. The lowest BCUT2D eigenvalue weighted by atomic mass is 10.2. The number of benzene rings is 2. The summed E-state index contributed by atoms with van der Waals surface area (Å²) in [7, 11) is -3.85. The van der Waals surface area contributed by atoms with Crippen LogP contribution in [-0.2, 0) is 14.8 Å². The van der Waals surface area contributed by atoms with Gasteiger partial charge in [-0.3, -0.25) is 4.79 Å². The second-order valence-electron chi connectivity index (χ2n) is 6.75. The van der Waals surface area contributed by atoms with Crippen LogP contribution >= 0.6 is 0 Å². The highest BCUT2D eigenvalue weighted by molar-refractivity contribution is 7.92. The van der Waals surface area contributed by atoms with Crippen LogP contribution in [0.1, 0.15) is 17.0 Å². The zero-order valence-electron chi connectivity index (χ0n) is 16.8. The van der Waals surface area contributed by atoms with E-state index in [-0.39, 0.29) is 23.4 Å². The van der Waals surface area contributed by atoms with Crippen LogP contribution in [-0.4, -0.2) is 30.9 Å². The Morgan fingerprint density at radius 3 is 2.13 bits per heavy atom. The summed E-state index contributed by atoms with van der Waals surface area (Å²) in [6.07, 6.45) is 0. The van der Waals surface area contributed by atoms with Crippen molar-refractivity contribution < 1.29 is 17.9 Å². The van der Waals surface area contributed by atoms with Crippen LogP contribution in [0.2, 0.25) is 0 Å². The molecular formula is C21H22N4O4S. The number of rotatable bonds is 7. The molecule has 3 rings (SSSR count). The summed E-state index contributed by atoms with van der Waals surface area (Å²) in [4.78, 5) is 20.2. The van der Waals surface area contributed by atoms with Crippen molar-refractivity contribution in [2.45, 2.75) is 25.7 Å². The van der Waals surface area contributed by atoms with E-state index in [2.05, 4.69) is 20.0 Å². The van der Waals surface area contributed by atoms with Crippen LogP contribution in [0.4, 0.5) is 11.6 Å². The molecule has 1 amide bonds. The molecular weight excluding hydrogens is 404 g/mol. The average Bonchev–Trinajstić information content (AvgIpc) is 2.67. The molecule has 0 radical (unpaired) electrons. The maximum absolute atomic E-state index is 12.5. The molecule has 3 aromatic rings. The first-order valence-corrected chi connectivity index (χ1v) is 10.6. The maximum atomic E-state index is 12.5. The number of nitrogens with zero attached hydrogens (tertiary/aromatic N) is 2. The number of sulfonamides is 1. The summed E-state index contributed by atoms with van der Waals surface area (Å²) < 4.78 is 32.9. The smallest absolute Gasteiger partial charge is 0.264 e. The Morgan fingerprint density at radius 1 is 0.933 bits per heavy atom. The van der Waals surface area contributed by atoms with E-state index in [0.717, 1.165) is 5.56 Å². The first-order valence-electron chi connectivity index (χ1n) is 9.16. The van der Waals surface area contributed by atoms with Crippen molar-refractivity contribution in [2.75, 3.05) is 16.6 Å². The van der Waals surface area contributed by atoms with E-state index in [1.54, 1.807) is 32.0 Å². The minimum absolute atomic E-state index is 0.0122. The van der Waals surface area contributed by atoms with E-state index in [0.29, 0.717) is 22.8 Å². The molecule has 1 aromatic heterocycles. The second kappa shape index (κ2) is 8.91. The van der Waals surface area contributed by atoms with E-state index in [4.69, 9.17) is 4.74 Å². The summed E-state index contributed by atoms with van der Waals surface area (Å²) in [5.74, 6) is 0.253. The molecule has 0 bridgehead atoms. The Morgan fingerprint density at radius 2 is 1.53 bits per heavy atom. The van der Waals surface area contributed by atoms with Gasteiger partial charge in [-0.05, 0) is 63.2 Å². The number of amides is 1. The topological polar surface area (TPSA) is 110 Å². The highest BCUT2D eigenvalue weighted by atomic mass is 32.2. The third-order valence-electron chi connectivity index (χ3n) is 4.05. The molecule has 0 aliphatic rings. The van der Waals surface area contributed by atoms with Crippen LogP contribution in [0.5, 0.6) is 5.75 Å². The van der Waals surface area contributed by atoms with Gasteiger partial charge in [-0.25, -0.2) is 23.1 Å². The standard InChI is InChI=1S/C21H22N4O4S/c1-14-4-8-18(9-5-14)29-13-20(26)24-17-6-10-19(11-7-17)30(27,28)25-21-22-15(2)12-16(3)23-21/h4-12H,13H2,1-3H3,(H,24,26)(H,22,23,25). The lowest BCUT2D eigenvalue weighted by Gasteiger charge is -2.10. The highest BCUT2D eigenvalue weighted by Crippen LogP contribution is 2.17. The van der Waals surface area contributed by atoms with Gasteiger partial charge in [-0.15, -0.1) is 0 Å². The fraction of sp³-hybridized carbons (Fsp3) is 0.190. The van der Waals surface area contributed by atoms with Gasteiger partial charge < -0.3 is 10.1 Å². The van der Waals surface area contributed by atoms with Crippen LogP contribution in [0, 0.1) is 20.8 Å². The van der Waals surface area contributed by atoms with E-state index in [1.165, 1.54) is 24.3 Å². The summed E-state index contributed by atoms with van der Waals surface area (Å²) in [5.41, 5.74) is 2.87. The zero-order valence-corrected chi connectivity index (χ0v) is 17.7. The first kappa shape index (κ1) is 21.3. The predicted octanol–water partition coefficient (Wildman–Crippen LogP) is 3.22. The summed E-state index contributed by atoms with van der Waals surface area (Å²) in [5, 5.41) is 2.66. The van der Waals surface area contributed by atoms with Crippen molar-refractivity contribution in [1.82, 2.24) is 9.97 Å². The van der Waals surface area contributed by atoms with Gasteiger partial charge in [0.05, 0.1) is 4.90 Å². The lowest BCUT2D eigenvalue weighted by molar-refractivity contribution is -0.118. The lowest BCUT2D eigenvalue weighted by Crippen LogP contribution is -2.20. The average molecular weight is 426 g/mol. The molecule has 0 fully saturated rings. The molecule has 156 valence electrons. The molecule has 30 heavy (non-hydrogen) atoms. The number of hydrogen-bond donors (Lipinski definition) is 2. The van der Waals surface area contributed by atoms with Crippen LogP contribution < -0.4 is 14.8 Å². The van der Waals surface area contributed by atoms with E-state index in [9.17, 15) is 13.2 Å². The van der Waals surface area contributed by atoms with Gasteiger partial charge in [0.2, 0.25) is 5.95 Å². The Balaban J connectivity index is 1.60.